The molecule has 0 fully saturated rings. The molecule has 0 aliphatic heterocycles. The van der Waals surface area contributed by atoms with Crippen LogP contribution < -0.4 is 10.6 Å². The van der Waals surface area contributed by atoms with Gasteiger partial charge in [0.25, 0.3) is 0 Å². The van der Waals surface area contributed by atoms with Gasteiger partial charge in [0, 0.05) is 30.9 Å². The molecule has 0 spiro atoms. The van der Waals surface area contributed by atoms with Crippen molar-refractivity contribution in [3.05, 3.63) is 23.7 Å². The van der Waals surface area contributed by atoms with Crippen LogP contribution in [-0.4, -0.2) is 41.4 Å². The molecular formula is C17H28N2O3S2. The van der Waals surface area contributed by atoms with Crippen LogP contribution in [0.1, 0.15) is 44.3 Å². The van der Waals surface area contributed by atoms with Crippen molar-refractivity contribution in [2.75, 3.05) is 29.6 Å². The summed E-state index contributed by atoms with van der Waals surface area (Å²) in [5.41, 5.74) is 0. The van der Waals surface area contributed by atoms with E-state index in [4.69, 9.17) is 4.42 Å². The van der Waals surface area contributed by atoms with Crippen LogP contribution in [0.2, 0.25) is 0 Å². The van der Waals surface area contributed by atoms with Crippen molar-refractivity contribution in [3.63, 3.8) is 0 Å². The molecule has 2 amide bonds. The fourth-order valence-corrected chi connectivity index (χ4v) is 3.29. The highest BCUT2D eigenvalue weighted by molar-refractivity contribution is 7.99. The Morgan fingerprint density at radius 1 is 1.08 bits per heavy atom. The van der Waals surface area contributed by atoms with Crippen LogP contribution in [0.15, 0.2) is 16.5 Å². The maximum absolute atomic E-state index is 12.1. The average Bonchev–Trinajstić information content (AvgIpc) is 2.98. The van der Waals surface area contributed by atoms with Crippen LogP contribution in [0.3, 0.4) is 0 Å². The summed E-state index contributed by atoms with van der Waals surface area (Å²) >= 11 is 3.48. The van der Waals surface area contributed by atoms with Gasteiger partial charge >= 0.3 is 0 Å². The fourth-order valence-electron chi connectivity index (χ4n) is 2.05. The van der Waals surface area contributed by atoms with E-state index in [1.165, 1.54) is 0 Å². The lowest BCUT2D eigenvalue weighted by atomic mass is 10.2. The van der Waals surface area contributed by atoms with Crippen LogP contribution in [0.5, 0.6) is 0 Å². The minimum atomic E-state index is -0.333. The first-order valence-electron chi connectivity index (χ1n) is 8.34. The van der Waals surface area contributed by atoms with Crippen molar-refractivity contribution < 1.29 is 14.0 Å². The number of hydrogen-bond donors (Lipinski definition) is 2. The summed E-state index contributed by atoms with van der Waals surface area (Å²) in [5, 5.41) is 5.85. The molecule has 136 valence electrons. The van der Waals surface area contributed by atoms with E-state index in [0.717, 1.165) is 28.8 Å². The third-order valence-electron chi connectivity index (χ3n) is 3.30. The minimum absolute atomic E-state index is 0.0000144. The molecule has 0 saturated heterocycles. The number of nitrogens with one attached hydrogen (secondary N) is 2. The van der Waals surface area contributed by atoms with Crippen molar-refractivity contribution in [2.45, 2.75) is 39.7 Å². The number of carbonyl (C=O) groups is 2. The van der Waals surface area contributed by atoms with Gasteiger partial charge in [-0.15, -0.1) is 0 Å². The Labute approximate surface area is 153 Å². The zero-order valence-electron chi connectivity index (χ0n) is 14.7. The van der Waals surface area contributed by atoms with Gasteiger partial charge in [0.2, 0.25) is 11.8 Å². The van der Waals surface area contributed by atoms with Gasteiger partial charge in [-0.2, -0.15) is 23.5 Å². The minimum Gasteiger partial charge on any atom is -0.464 e. The Balaban J connectivity index is 2.52. The van der Waals surface area contributed by atoms with E-state index in [2.05, 4.69) is 24.5 Å². The quantitative estimate of drug-likeness (QED) is 0.552. The molecule has 2 N–H and O–H groups in total. The summed E-state index contributed by atoms with van der Waals surface area (Å²) in [7, 11) is 0. The van der Waals surface area contributed by atoms with Crippen molar-refractivity contribution in [1.82, 2.24) is 10.6 Å². The number of hydrogen-bond acceptors (Lipinski definition) is 5. The first-order valence-corrected chi connectivity index (χ1v) is 10.7. The second kappa shape index (κ2) is 12.3. The second-order valence-corrected chi connectivity index (χ2v) is 8.05. The highest BCUT2D eigenvalue weighted by Gasteiger charge is 2.18. The molecule has 7 heteroatoms. The topological polar surface area (TPSA) is 71.3 Å². The molecule has 0 bridgehead atoms. The summed E-state index contributed by atoms with van der Waals surface area (Å²) in [6.45, 7) is 6.35. The molecule has 0 aliphatic rings. The Morgan fingerprint density at radius 3 is 2.25 bits per heavy atom. The van der Waals surface area contributed by atoms with Crippen molar-refractivity contribution >= 4 is 35.3 Å². The zero-order valence-corrected chi connectivity index (χ0v) is 16.4. The molecule has 1 aromatic heterocycles. The van der Waals surface area contributed by atoms with E-state index < -0.39 is 0 Å². The van der Waals surface area contributed by atoms with Gasteiger partial charge in [-0.25, -0.2) is 0 Å². The molecule has 1 heterocycles. The number of furan rings is 1. The van der Waals surface area contributed by atoms with Crippen molar-refractivity contribution in [2.24, 2.45) is 0 Å². The Morgan fingerprint density at radius 2 is 1.71 bits per heavy atom. The lowest BCUT2D eigenvalue weighted by molar-refractivity contribution is -0.123. The van der Waals surface area contributed by atoms with E-state index in [1.807, 2.05) is 19.1 Å². The predicted molar refractivity (Wildman–Crippen MR) is 103 cm³/mol. The van der Waals surface area contributed by atoms with Crippen LogP contribution in [-0.2, 0) is 9.59 Å². The van der Waals surface area contributed by atoms with Gasteiger partial charge in [0.1, 0.15) is 17.6 Å². The Bertz CT molecular complexity index is 506. The van der Waals surface area contributed by atoms with E-state index in [0.29, 0.717) is 25.1 Å². The number of rotatable bonds is 12. The molecule has 0 saturated carbocycles. The molecule has 0 radical (unpaired) electrons. The van der Waals surface area contributed by atoms with Crippen LogP contribution >= 0.6 is 23.5 Å². The molecule has 24 heavy (non-hydrogen) atoms. The van der Waals surface area contributed by atoms with E-state index >= 15 is 0 Å². The standard InChI is InChI=1S/C17H28N2O3S2/c1-4-23-10-8-16(20)18-12-14(15-7-6-13(3)22-15)19-17(21)9-11-24-5-2/h6-7,14H,4-5,8-12H2,1-3H3,(H,18,20)(H,19,21)/t14-/m1/s1. The Hall–Kier alpha value is -1.08. The van der Waals surface area contributed by atoms with Crippen LogP contribution in [0.4, 0.5) is 0 Å². The van der Waals surface area contributed by atoms with Gasteiger partial charge in [-0.1, -0.05) is 13.8 Å². The van der Waals surface area contributed by atoms with Crippen LogP contribution in [0.25, 0.3) is 0 Å². The summed E-state index contributed by atoms with van der Waals surface area (Å²) < 4.78 is 5.63. The SMILES string of the molecule is CCSCCC(=O)NC[C@@H](NC(=O)CCSCC)c1ccc(C)o1. The van der Waals surface area contributed by atoms with Gasteiger partial charge in [0.05, 0.1) is 0 Å². The molecule has 5 nitrogen and oxygen atoms in total. The molecular weight excluding hydrogens is 344 g/mol. The largest absolute Gasteiger partial charge is 0.464 e. The highest BCUT2D eigenvalue weighted by Crippen LogP contribution is 2.16. The summed E-state index contributed by atoms with van der Waals surface area (Å²) in [5.74, 6) is 5.06. The molecule has 1 atom stereocenters. The highest BCUT2D eigenvalue weighted by atomic mass is 32.2. The first kappa shape index (κ1) is 21.0. The molecule has 0 aliphatic carbocycles. The van der Waals surface area contributed by atoms with E-state index in [1.54, 1.807) is 23.5 Å². The smallest absolute Gasteiger partial charge is 0.221 e. The lowest BCUT2D eigenvalue weighted by Gasteiger charge is -2.17. The second-order valence-electron chi connectivity index (χ2n) is 5.27. The number of aryl methyl sites for hydroxylation is 1. The van der Waals surface area contributed by atoms with Gasteiger partial charge in [0.15, 0.2) is 0 Å². The zero-order chi connectivity index (χ0) is 17.8. The number of carbonyl (C=O) groups excluding carboxylic acids is 2. The van der Waals surface area contributed by atoms with Gasteiger partial charge in [-0.3, -0.25) is 9.59 Å². The summed E-state index contributed by atoms with van der Waals surface area (Å²) in [4.78, 5) is 24.0. The third-order valence-corrected chi connectivity index (χ3v) is 5.10. The van der Waals surface area contributed by atoms with Gasteiger partial charge in [-0.05, 0) is 30.6 Å². The third kappa shape index (κ3) is 8.68. The fraction of sp³-hybridized carbons (Fsp3) is 0.647. The summed E-state index contributed by atoms with van der Waals surface area (Å²) in [6.07, 6.45) is 0.958. The van der Waals surface area contributed by atoms with Crippen molar-refractivity contribution in [3.8, 4) is 0 Å². The van der Waals surface area contributed by atoms with E-state index in [9.17, 15) is 9.59 Å². The number of amides is 2. The molecule has 1 rings (SSSR count). The van der Waals surface area contributed by atoms with Crippen molar-refractivity contribution in [1.29, 1.82) is 0 Å². The maximum Gasteiger partial charge on any atom is 0.221 e. The maximum atomic E-state index is 12.1. The number of thioether (sulfide) groups is 2. The lowest BCUT2D eigenvalue weighted by Crippen LogP contribution is -2.38. The molecule has 1 aromatic rings. The molecule has 0 unspecified atom stereocenters. The Kier molecular flexibility index (Phi) is 10.7. The monoisotopic (exact) mass is 372 g/mol. The predicted octanol–water partition coefficient (Wildman–Crippen LogP) is 3.15. The normalized spacial score (nSPS) is 12.0. The summed E-state index contributed by atoms with van der Waals surface area (Å²) in [6, 6.07) is 3.38. The van der Waals surface area contributed by atoms with Gasteiger partial charge < -0.3 is 15.1 Å². The molecule has 0 aromatic carbocycles. The van der Waals surface area contributed by atoms with Crippen LogP contribution in [0, 0.1) is 6.92 Å². The average molecular weight is 373 g/mol. The first-order chi connectivity index (χ1) is 11.6. The van der Waals surface area contributed by atoms with E-state index in [-0.39, 0.29) is 17.9 Å².